The van der Waals surface area contributed by atoms with Crippen LogP contribution in [0.3, 0.4) is 0 Å². The number of rotatable bonds is 2. The Bertz CT molecular complexity index is 535. The van der Waals surface area contributed by atoms with Gasteiger partial charge in [0.15, 0.2) is 0 Å². The third kappa shape index (κ3) is 4.09. The molecule has 0 fully saturated rings. The number of halogens is 2. The molecule has 2 atom stereocenters. The Morgan fingerprint density at radius 2 is 1.65 bits per heavy atom. The van der Waals surface area contributed by atoms with Gasteiger partial charge in [0.25, 0.3) is 0 Å². The molecule has 0 aliphatic heterocycles. The molecule has 0 spiro atoms. The molecule has 2 aliphatic carbocycles. The molecule has 0 aromatic rings. The van der Waals surface area contributed by atoms with E-state index in [0.717, 1.165) is 0 Å². The summed E-state index contributed by atoms with van der Waals surface area (Å²) >= 11 is -1.56. The SMILES string of the molecule is CC1=CC(C)[C]([Zr+2]([C]2=C(C)C=CC2C)=[Si](C)C)=C1.[Cl-].[Cl-]. The molecule has 0 saturated heterocycles. The summed E-state index contributed by atoms with van der Waals surface area (Å²) in [4.78, 5) is 0. The Morgan fingerprint density at radius 1 is 1.05 bits per heavy atom. The monoisotopic (exact) mass is 404 g/mol. The first-order valence-electron chi connectivity index (χ1n) is 6.89. The van der Waals surface area contributed by atoms with Gasteiger partial charge in [0.2, 0.25) is 0 Å². The smallest absolute Gasteiger partial charge is 1.00 e. The van der Waals surface area contributed by atoms with Gasteiger partial charge in [-0.25, -0.2) is 0 Å². The molecule has 2 unspecified atom stereocenters. The molecule has 0 bridgehead atoms. The minimum Gasteiger partial charge on any atom is -1.00 e. The van der Waals surface area contributed by atoms with Crippen LogP contribution in [0.1, 0.15) is 27.7 Å². The van der Waals surface area contributed by atoms with Crippen LogP contribution in [-0.4, -0.2) is 5.43 Å². The summed E-state index contributed by atoms with van der Waals surface area (Å²) in [5, 5.41) is 0. The van der Waals surface area contributed by atoms with Crippen LogP contribution in [0.2, 0.25) is 13.1 Å². The van der Waals surface area contributed by atoms with E-state index in [-0.39, 0.29) is 30.2 Å². The topological polar surface area (TPSA) is 0 Å². The van der Waals surface area contributed by atoms with E-state index in [1.807, 2.05) is 6.56 Å². The van der Waals surface area contributed by atoms with E-state index in [2.05, 4.69) is 65.1 Å². The zero-order valence-electron chi connectivity index (χ0n) is 13.2. The van der Waals surface area contributed by atoms with E-state index in [9.17, 15) is 0 Å². The predicted molar refractivity (Wildman–Crippen MR) is 79.5 cm³/mol. The van der Waals surface area contributed by atoms with Gasteiger partial charge in [0.05, 0.1) is 0 Å². The van der Waals surface area contributed by atoms with Gasteiger partial charge in [-0.05, 0) is 0 Å². The molecule has 0 aromatic carbocycles. The van der Waals surface area contributed by atoms with Gasteiger partial charge >= 0.3 is 120 Å². The van der Waals surface area contributed by atoms with Crippen LogP contribution in [0.25, 0.3) is 0 Å². The minimum atomic E-state index is -1.56. The number of hydrogen-bond acceptors (Lipinski definition) is 0. The third-order valence-corrected chi connectivity index (χ3v) is 21.9. The number of allylic oxidation sites excluding steroid dienone is 8. The maximum absolute atomic E-state index is 2.55. The van der Waals surface area contributed by atoms with E-state index in [1.54, 1.807) is 5.57 Å². The number of hydrogen-bond donors (Lipinski definition) is 0. The standard InChI is InChI=1S/2C7H9.C2H6Si.2ClH.Zr/c2*1-6-3-4-7(2)5-6;1-3-2;;;/h3,5,7H,1-2H3;3-4,6H,1-2H3;1-2H3;2*1H;/q;;;;;+2/p-2. The molecule has 4 heteroatoms. The van der Waals surface area contributed by atoms with Gasteiger partial charge < -0.3 is 24.8 Å². The maximum Gasteiger partial charge on any atom is -1.00 e. The van der Waals surface area contributed by atoms with E-state index < -0.39 is 20.4 Å². The average Bonchev–Trinajstić information content (AvgIpc) is 2.75. The fourth-order valence-corrected chi connectivity index (χ4v) is 22.3. The fraction of sp³-hybridized carbons (Fsp3) is 0.500. The Balaban J connectivity index is 0.00000180. The van der Waals surface area contributed by atoms with Crippen molar-refractivity contribution in [2.45, 2.75) is 40.8 Å². The van der Waals surface area contributed by atoms with Crippen molar-refractivity contribution in [3.05, 3.63) is 42.0 Å². The van der Waals surface area contributed by atoms with E-state index in [0.29, 0.717) is 11.8 Å². The van der Waals surface area contributed by atoms with Crippen LogP contribution in [0.4, 0.5) is 0 Å². The van der Waals surface area contributed by atoms with Gasteiger partial charge in [-0.3, -0.25) is 0 Å². The van der Waals surface area contributed by atoms with Crippen molar-refractivity contribution in [1.29, 1.82) is 0 Å². The third-order valence-electron chi connectivity index (χ3n) is 3.96. The van der Waals surface area contributed by atoms with Crippen molar-refractivity contribution < 1.29 is 45.2 Å². The molecular weight excluding hydrogens is 382 g/mol. The summed E-state index contributed by atoms with van der Waals surface area (Å²) in [6.07, 6.45) is 9.77. The summed E-state index contributed by atoms with van der Waals surface area (Å²) in [6.45, 7) is 14.5. The average molecular weight is 407 g/mol. The van der Waals surface area contributed by atoms with Crippen LogP contribution >= 0.6 is 0 Å². The second-order valence-electron chi connectivity index (χ2n) is 5.92. The molecule has 0 radical (unpaired) electrons. The Hall–Kier alpha value is 0.640. The summed E-state index contributed by atoms with van der Waals surface area (Å²) < 4.78 is 3.75. The predicted octanol–water partition coefficient (Wildman–Crippen LogP) is -1.18. The van der Waals surface area contributed by atoms with Crippen molar-refractivity contribution in [2.24, 2.45) is 11.8 Å². The Kier molecular flexibility index (Phi) is 8.59. The van der Waals surface area contributed by atoms with Gasteiger partial charge in [-0.2, -0.15) is 0 Å². The molecule has 0 nitrogen and oxygen atoms in total. The van der Waals surface area contributed by atoms with Crippen LogP contribution < -0.4 is 24.8 Å². The van der Waals surface area contributed by atoms with Crippen LogP contribution in [0, 0.1) is 11.8 Å². The maximum atomic E-state index is 2.55. The molecule has 2 aliphatic rings. The first kappa shape index (κ1) is 20.6. The van der Waals surface area contributed by atoms with Gasteiger partial charge in [-0.15, -0.1) is 0 Å². The first-order chi connectivity index (χ1) is 8.41. The van der Waals surface area contributed by atoms with Crippen molar-refractivity contribution in [1.82, 2.24) is 0 Å². The summed E-state index contributed by atoms with van der Waals surface area (Å²) in [7, 11) is 0. The molecule has 0 heterocycles. The second-order valence-corrected chi connectivity index (χ2v) is 22.8. The van der Waals surface area contributed by atoms with Crippen molar-refractivity contribution in [2.75, 3.05) is 0 Å². The zero-order valence-corrected chi connectivity index (χ0v) is 18.2. The van der Waals surface area contributed by atoms with Crippen LogP contribution in [-0.2, 0) is 20.4 Å². The quantitative estimate of drug-likeness (QED) is 0.507. The second kappa shape index (κ2) is 8.32. The molecule has 0 saturated carbocycles. The largest absolute Gasteiger partial charge is 1.00 e. The van der Waals surface area contributed by atoms with Crippen LogP contribution in [0.5, 0.6) is 0 Å². The molecule has 20 heavy (non-hydrogen) atoms. The Labute approximate surface area is 144 Å². The minimum absolute atomic E-state index is 0. The molecular formula is C16H24Cl2SiZr. The first-order valence-corrected chi connectivity index (χ1v) is 15.5. The van der Waals surface area contributed by atoms with Crippen molar-refractivity contribution in [3.63, 3.8) is 0 Å². The molecule has 0 N–H and O–H groups in total. The van der Waals surface area contributed by atoms with Gasteiger partial charge in [-0.1, -0.05) is 0 Å². The van der Waals surface area contributed by atoms with Crippen LogP contribution in [0.15, 0.2) is 42.0 Å². The zero-order chi connectivity index (χ0) is 13.4. The van der Waals surface area contributed by atoms with E-state index >= 15 is 0 Å². The summed E-state index contributed by atoms with van der Waals surface area (Å²) in [5.41, 5.74) is 2.93. The van der Waals surface area contributed by atoms with E-state index in [1.165, 1.54) is 5.57 Å². The van der Waals surface area contributed by atoms with Gasteiger partial charge in [0, 0.05) is 0 Å². The summed E-state index contributed by atoms with van der Waals surface area (Å²) in [5.74, 6) is 1.43. The van der Waals surface area contributed by atoms with Gasteiger partial charge in [0.1, 0.15) is 0 Å². The normalized spacial score (nSPS) is 23.4. The van der Waals surface area contributed by atoms with E-state index in [4.69, 9.17) is 0 Å². The summed E-state index contributed by atoms with van der Waals surface area (Å²) in [6, 6.07) is 0. The van der Waals surface area contributed by atoms with Crippen molar-refractivity contribution in [3.8, 4) is 0 Å². The fourth-order valence-electron chi connectivity index (χ4n) is 3.18. The molecule has 110 valence electrons. The molecule has 2 rings (SSSR count). The van der Waals surface area contributed by atoms with Crippen molar-refractivity contribution >= 4 is 5.43 Å². The molecule has 0 amide bonds. The Morgan fingerprint density at radius 3 is 2.00 bits per heavy atom. The molecule has 0 aromatic heterocycles.